The highest BCUT2D eigenvalue weighted by Gasteiger charge is 2.30. The monoisotopic (exact) mass is 435 g/mol. The van der Waals surface area contributed by atoms with Gasteiger partial charge in [-0.3, -0.25) is 14.7 Å². The van der Waals surface area contributed by atoms with Gasteiger partial charge in [0.15, 0.2) is 5.17 Å². The number of aromatic nitrogens is 1. The van der Waals surface area contributed by atoms with E-state index in [1.54, 1.807) is 24.3 Å². The fraction of sp³-hybridized carbons (Fsp3) is 0.0870. The van der Waals surface area contributed by atoms with Crippen LogP contribution < -0.4 is 4.74 Å². The number of ether oxygens (including phenoxy) is 1. The Balaban J connectivity index is 1.49. The van der Waals surface area contributed by atoms with Gasteiger partial charge >= 0.3 is 0 Å². The lowest BCUT2D eigenvalue weighted by molar-refractivity contribution is -0.121. The van der Waals surface area contributed by atoms with Crippen LogP contribution in [0.4, 0.5) is 5.69 Å². The Morgan fingerprint density at radius 1 is 1.17 bits per heavy atom. The third-order valence-corrected chi connectivity index (χ3v) is 5.66. The van der Waals surface area contributed by atoms with Crippen LogP contribution in [-0.4, -0.2) is 28.0 Å². The summed E-state index contributed by atoms with van der Waals surface area (Å²) >= 11 is 7.26. The smallest absolute Gasteiger partial charge is 0.266 e. The van der Waals surface area contributed by atoms with E-state index in [2.05, 4.69) is 9.98 Å². The average Bonchev–Trinajstić information content (AvgIpc) is 3.02. The Morgan fingerprint density at radius 3 is 2.77 bits per heavy atom. The summed E-state index contributed by atoms with van der Waals surface area (Å²) in [6, 6.07) is 18.8. The van der Waals surface area contributed by atoms with E-state index >= 15 is 0 Å². The molecule has 0 saturated carbocycles. The minimum atomic E-state index is -0.0878. The molecule has 1 aromatic heterocycles. The van der Waals surface area contributed by atoms with Gasteiger partial charge in [0.2, 0.25) is 0 Å². The van der Waals surface area contributed by atoms with E-state index in [-0.39, 0.29) is 5.91 Å². The molecule has 1 amide bonds. The third kappa shape index (κ3) is 4.90. The number of hydrogen-bond acceptors (Lipinski definition) is 5. The Morgan fingerprint density at radius 2 is 2.00 bits per heavy atom. The number of nitrogens with zero attached hydrogens (tertiary/aromatic N) is 3. The van der Waals surface area contributed by atoms with Crippen molar-refractivity contribution in [2.75, 3.05) is 7.05 Å². The van der Waals surface area contributed by atoms with E-state index in [1.807, 2.05) is 66.7 Å². The van der Waals surface area contributed by atoms with Gasteiger partial charge in [0.1, 0.15) is 12.4 Å². The quantitative estimate of drug-likeness (QED) is 0.493. The van der Waals surface area contributed by atoms with Crippen LogP contribution in [0, 0.1) is 0 Å². The first-order valence-corrected chi connectivity index (χ1v) is 10.4. The maximum Gasteiger partial charge on any atom is 0.266 e. The predicted octanol–water partition coefficient (Wildman–Crippen LogP) is 5.55. The molecule has 4 rings (SSSR count). The molecule has 0 bridgehead atoms. The molecule has 150 valence electrons. The second kappa shape index (κ2) is 9.15. The fourth-order valence-electron chi connectivity index (χ4n) is 2.77. The van der Waals surface area contributed by atoms with Crippen molar-refractivity contribution in [3.05, 3.63) is 94.1 Å². The lowest BCUT2D eigenvalue weighted by Gasteiger charge is -2.07. The summed E-state index contributed by atoms with van der Waals surface area (Å²) in [6.07, 6.45) is 5.20. The molecule has 0 aliphatic carbocycles. The molecule has 1 aliphatic heterocycles. The number of amidine groups is 1. The minimum absolute atomic E-state index is 0.0878. The normalized spacial score (nSPS) is 16.5. The molecule has 0 N–H and O–H groups in total. The molecule has 1 fully saturated rings. The number of thioether (sulfide) groups is 1. The molecule has 7 heteroatoms. The first-order valence-electron chi connectivity index (χ1n) is 9.22. The average molecular weight is 436 g/mol. The Labute approximate surface area is 184 Å². The van der Waals surface area contributed by atoms with Gasteiger partial charge in [-0.2, -0.15) is 0 Å². The third-order valence-electron chi connectivity index (χ3n) is 4.35. The van der Waals surface area contributed by atoms with E-state index in [1.165, 1.54) is 11.8 Å². The number of halogens is 1. The highest BCUT2D eigenvalue weighted by atomic mass is 35.5. The Kier molecular flexibility index (Phi) is 6.16. The van der Waals surface area contributed by atoms with Crippen LogP contribution >= 0.6 is 23.4 Å². The molecule has 0 atom stereocenters. The number of hydrogen-bond donors (Lipinski definition) is 0. The Hall–Kier alpha value is -3.09. The lowest BCUT2D eigenvalue weighted by atomic mass is 10.2. The Bertz CT molecular complexity index is 1110. The van der Waals surface area contributed by atoms with Crippen molar-refractivity contribution < 1.29 is 9.53 Å². The number of likely N-dealkylation sites (N-methyl/N-ethyl adjacent to an activating group) is 1. The van der Waals surface area contributed by atoms with Gasteiger partial charge in [-0.1, -0.05) is 35.9 Å². The van der Waals surface area contributed by atoms with E-state index in [9.17, 15) is 4.79 Å². The molecule has 0 radical (unpaired) electrons. The number of rotatable bonds is 5. The molecular weight excluding hydrogens is 418 g/mol. The molecule has 2 aromatic carbocycles. The molecule has 0 spiro atoms. The molecule has 1 aliphatic rings. The van der Waals surface area contributed by atoms with Gasteiger partial charge in [0.25, 0.3) is 5.91 Å². The van der Waals surface area contributed by atoms with Crippen molar-refractivity contribution >= 4 is 46.2 Å². The summed E-state index contributed by atoms with van der Waals surface area (Å²) in [5, 5.41) is 1.32. The number of amides is 1. The molecular formula is C23H18ClN3O2S. The maximum atomic E-state index is 12.6. The highest BCUT2D eigenvalue weighted by Crippen LogP contribution is 2.33. The summed E-state index contributed by atoms with van der Waals surface area (Å²) in [5.41, 5.74) is 2.62. The topological polar surface area (TPSA) is 54.8 Å². The van der Waals surface area contributed by atoms with Crippen LogP contribution in [0.2, 0.25) is 5.02 Å². The molecule has 1 saturated heterocycles. The standard InChI is InChI=1S/C23H18ClN3O2S/c1-27-22(28)21(30-23(27)26-19-5-3-11-25-14-19)13-17-4-2-6-20(12-17)29-15-16-7-9-18(24)10-8-16/h2-14H,15H2,1H3/b21-13-,26-23?. The summed E-state index contributed by atoms with van der Waals surface area (Å²) in [5.74, 6) is 0.641. The number of aliphatic imine (C=N–C) groups is 1. The zero-order valence-corrected chi connectivity index (χ0v) is 17.7. The lowest BCUT2D eigenvalue weighted by Crippen LogP contribution is -2.23. The molecule has 5 nitrogen and oxygen atoms in total. The van der Waals surface area contributed by atoms with Gasteiger partial charge in [-0.15, -0.1) is 0 Å². The second-order valence-corrected chi connectivity index (χ2v) is 8.01. The van der Waals surface area contributed by atoms with Crippen molar-refractivity contribution in [2.45, 2.75) is 6.61 Å². The van der Waals surface area contributed by atoms with Crippen LogP contribution in [0.25, 0.3) is 6.08 Å². The summed E-state index contributed by atoms with van der Waals surface area (Å²) in [4.78, 5) is 23.4. The van der Waals surface area contributed by atoms with Gasteiger partial charge in [-0.25, -0.2) is 4.99 Å². The summed E-state index contributed by atoms with van der Waals surface area (Å²) in [7, 11) is 1.72. The van der Waals surface area contributed by atoms with Crippen LogP contribution in [0.3, 0.4) is 0 Å². The zero-order chi connectivity index (χ0) is 20.9. The van der Waals surface area contributed by atoms with Crippen molar-refractivity contribution in [2.24, 2.45) is 4.99 Å². The van der Waals surface area contributed by atoms with Crippen molar-refractivity contribution in [1.82, 2.24) is 9.88 Å². The van der Waals surface area contributed by atoms with E-state index in [0.717, 1.165) is 16.9 Å². The van der Waals surface area contributed by atoms with Gasteiger partial charge in [-0.05, 0) is 65.4 Å². The second-order valence-electron chi connectivity index (χ2n) is 6.57. The maximum absolute atomic E-state index is 12.6. The van der Waals surface area contributed by atoms with Crippen molar-refractivity contribution in [1.29, 1.82) is 0 Å². The number of pyridine rings is 1. The van der Waals surface area contributed by atoms with Crippen LogP contribution in [0.15, 0.2) is 83.0 Å². The van der Waals surface area contributed by atoms with Crippen LogP contribution in [0.5, 0.6) is 5.75 Å². The van der Waals surface area contributed by atoms with E-state index < -0.39 is 0 Å². The summed E-state index contributed by atoms with van der Waals surface area (Å²) < 4.78 is 5.88. The van der Waals surface area contributed by atoms with Crippen molar-refractivity contribution in [3.63, 3.8) is 0 Å². The molecule has 2 heterocycles. The SMILES string of the molecule is CN1C(=O)/C(=C/c2cccc(OCc3ccc(Cl)cc3)c2)SC1=Nc1cccnc1. The molecule has 0 unspecified atom stereocenters. The minimum Gasteiger partial charge on any atom is -0.489 e. The van der Waals surface area contributed by atoms with Gasteiger partial charge in [0, 0.05) is 18.3 Å². The largest absolute Gasteiger partial charge is 0.489 e. The van der Waals surface area contributed by atoms with Crippen LogP contribution in [0.1, 0.15) is 11.1 Å². The number of benzene rings is 2. The van der Waals surface area contributed by atoms with E-state index in [4.69, 9.17) is 16.3 Å². The first-order chi connectivity index (χ1) is 14.6. The predicted molar refractivity (Wildman–Crippen MR) is 122 cm³/mol. The van der Waals surface area contributed by atoms with Crippen LogP contribution in [-0.2, 0) is 11.4 Å². The molecule has 30 heavy (non-hydrogen) atoms. The van der Waals surface area contributed by atoms with Gasteiger partial charge in [0.05, 0.1) is 16.8 Å². The number of carbonyl (C=O) groups excluding carboxylic acids is 1. The molecule has 3 aromatic rings. The van der Waals surface area contributed by atoms with E-state index in [0.29, 0.717) is 27.4 Å². The summed E-state index contributed by atoms with van der Waals surface area (Å²) in [6.45, 7) is 0.440. The van der Waals surface area contributed by atoms with Gasteiger partial charge < -0.3 is 4.74 Å². The zero-order valence-electron chi connectivity index (χ0n) is 16.2. The fourth-order valence-corrected chi connectivity index (χ4v) is 3.89. The highest BCUT2D eigenvalue weighted by molar-refractivity contribution is 8.18. The van der Waals surface area contributed by atoms with Crippen molar-refractivity contribution in [3.8, 4) is 5.75 Å². The first kappa shape index (κ1) is 20.2. The number of carbonyl (C=O) groups is 1.